The third-order valence-corrected chi connectivity index (χ3v) is 6.94. The van der Waals surface area contributed by atoms with Gasteiger partial charge in [-0.2, -0.15) is 0 Å². The fourth-order valence-corrected chi connectivity index (χ4v) is 5.13. The molecule has 3 heteroatoms. The van der Waals surface area contributed by atoms with E-state index in [-0.39, 0.29) is 5.54 Å². The topological polar surface area (TPSA) is 19.4 Å². The minimum Gasteiger partial charge on any atom is -0.375 e. The standard InChI is InChI=1S/C26H37N3/c1-5-23(28-14-8-6-7-9-15-28)18-21-17-22-19-24(11-12-25(22)27-20(21)2)29-16-10-13-26(29,3)4/h11-12,17-19H,5-10,13-16H2,1-4H3/b23-18+. The molecule has 0 spiro atoms. The molecule has 2 aromatic rings. The van der Waals surface area contributed by atoms with Gasteiger partial charge in [0.05, 0.1) is 5.52 Å². The molecule has 4 rings (SSSR count). The van der Waals surface area contributed by atoms with Crippen molar-refractivity contribution in [3.63, 3.8) is 0 Å². The summed E-state index contributed by atoms with van der Waals surface area (Å²) >= 11 is 0. The number of nitrogens with zero attached hydrogens (tertiary/aromatic N) is 3. The first-order valence-corrected chi connectivity index (χ1v) is 11.6. The summed E-state index contributed by atoms with van der Waals surface area (Å²) in [6, 6.07) is 9.17. The molecule has 0 atom stereocenters. The van der Waals surface area contributed by atoms with Gasteiger partial charge in [0.2, 0.25) is 0 Å². The van der Waals surface area contributed by atoms with Gasteiger partial charge in [0.1, 0.15) is 0 Å². The van der Waals surface area contributed by atoms with Crippen LogP contribution in [0.1, 0.15) is 77.0 Å². The van der Waals surface area contributed by atoms with E-state index >= 15 is 0 Å². The number of likely N-dealkylation sites (tertiary alicyclic amines) is 1. The molecule has 0 unspecified atom stereocenters. The van der Waals surface area contributed by atoms with Crippen LogP contribution in [0.4, 0.5) is 5.69 Å². The smallest absolute Gasteiger partial charge is 0.0707 e. The van der Waals surface area contributed by atoms with Gasteiger partial charge in [-0.05, 0) is 88.8 Å². The molecule has 0 saturated carbocycles. The van der Waals surface area contributed by atoms with Gasteiger partial charge in [-0.25, -0.2) is 0 Å². The number of hydrogen-bond acceptors (Lipinski definition) is 3. The van der Waals surface area contributed by atoms with Crippen LogP contribution in [0.15, 0.2) is 30.0 Å². The lowest BCUT2D eigenvalue weighted by Gasteiger charge is -2.34. The number of aryl methyl sites for hydroxylation is 1. The molecule has 2 aliphatic heterocycles. The van der Waals surface area contributed by atoms with Gasteiger partial charge >= 0.3 is 0 Å². The first kappa shape index (κ1) is 20.3. The molecule has 1 aromatic carbocycles. The minimum absolute atomic E-state index is 0.247. The average Bonchev–Trinajstić information content (AvgIpc) is 2.89. The van der Waals surface area contributed by atoms with E-state index in [4.69, 9.17) is 4.98 Å². The summed E-state index contributed by atoms with van der Waals surface area (Å²) in [7, 11) is 0. The molecule has 0 bridgehead atoms. The lowest BCUT2D eigenvalue weighted by Crippen LogP contribution is -2.38. The van der Waals surface area contributed by atoms with Crippen molar-refractivity contribution >= 4 is 22.7 Å². The molecule has 156 valence electrons. The highest BCUT2D eigenvalue weighted by molar-refractivity contribution is 5.85. The Bertz CT molecular complexity index is 888. The molecular formula is C26H37N3. The number of rotatable bonds is 4. The zero-order valence-corrected chi connectivity index (χ0v) is 18.8. The summed E-state index contributed by atoms with van der Waals surface area (Å²) in [6.45, 7) is 12.7. The highest BCUT2D eigenvalue weighted by atomic mass is 15.2. The molecule has 1 aromatic heterocycles. The number of benzene rings is 1. The van der Waals surface area contributed by atoms with Crippen LogP contribution in [0.3, 0.4) is 0 Å². The number of pyridine rings is 1. The number of aromatic nitrogens is 1. The van der Waals surface area contributed by atoms with Crippen molar-refractivity contribution < 1.29 is 0 Å². The Labute approximate surface area is 176 Å². The van der Waals surface area contributed by atoms with Gasteiger partial charge in [0.25, 0.3) is 0 Å². The fourth-order valence-electron chi connectivity index (χ4n) is 5.13. The Balaban J connectivity index is 1.69. The quantitative estimate of drug-likeness (QED) is 0.589. The Morgan fingerprint density at radius 3 is 2.45 bits per heavy atom. The van der Waals surface area contributed by atoms with Crippen molar-refractivity contribution in [3.8, 4) is 0 Å². The Morgan fingerprint density at radius 1 is 1.03 bits per heavy atom. The van der Waals surface area contributed by atoms with Crippen molar-refractivity contribution in [2.45, 2.75) is 78.2 Å². The van der Waals surface area contributed by atoms with Crippen LogP contribution < -0.4 is 4.90 Å². The third kappa shape index (κ3) is 4.29. The van der Waals surface area contributed by atoms with Crippen LogP contribution in [0.25, 0.3) is 17.0 Å². The van der Waals surface area contributed by atoms with Crippen LogP contribution in [0.5, 0.6) is 0 Å². The van der Waals surface area contributed by atoms with Gasteiger partial charge in [0, 0.05) is 47.6 Å². The van der Waals surface area contributed by atoms with E-state index in [0.29, 0.717) is 0 Å². The Morgan fingerprint density at radius 2 is 1.79 bits per heavy atom. The summed E-state index contributed by atoms with van der Waals surface area (Å²) in [5.41, 5.74) is 6.56. The van der Waals surface area contributed by atoms with Gasteiger partial charge in [-0.15, -0.1) is 0 Å². The van der Waals surface area contributed by atoms with E-state index in [1.54, 1.807) is 0 Å². The largest absolute Gasteiger partial charge is 0.375 e. The second-order valence-electron chi connectivity index (χ2n) is 9.50. The number of allylic oxidation sites excluding steroid dienone is 1. The first-order chi connectivity index (χ1) is 14.0. The third-order valence-electron chi connectivity index (χ3n) is 6.94. The zero-order chi connectivity index (χ0) is 20.4. The molecule has 3 heterocycles. The monoisotopic (exact) mass is 391 g/mol. The fraction of sp³-hybridized carbons (Fsp3) is 0.577. The molecule has 29 heavy (non-hydrogen) atoms. The van der Waals surface area contributed by atoms with E-state index in [2.05, 4.69) is 67.8 Å². The maximum atomic E-state index is 4.95. The van der Waals surface area contributed by atoms with Gasteiger partial charge < -0.3 is 9.80 Å². The van der Waals surface area contributed by atoms with Crippen LogP contribution >= 0.6 is 0 Å². The second-order valence-corrected chi connectivity index (χ2v) is 9.50. The number of fused-ring (bicyclic) bond motifs is 1. The predicted molar refractivity (Wildman–Crippen MR) is 125 cm³/mol. The highest BCUT2D eigenvalue weighted by Crippen LogP contribution is 2.35. The molecule has 2 aliphatic rings. The van der Waals surface area contributed by atoms with Crippen molar-refractivity contribution in [1.29, 1.82) is 0 Å². The maximum Gasteiger partial charge on any atom is 0.0707 e. The van der Waals surface area contributed by atoms with Crippen LogP contribution in [0.2, 0.25) is 0 Å². The van der Waals surface area contributed by atoms with E-state index in [0.717, 1.165) is 24.2 Å². The lowest BCUT2D eigenvalue weighted by atomic mass is 10.0. The van der Waals surface area contributed by atoms with Crippen LogP contribution in [-0.2, 0) is 0 Å². The SMILES string of the molecule is CC/C(=C\c1cc2cc(N3CCCC3(C)C)ccc2nc1C)N1CCCCCC1. The molecule has 0 radical (unpaired) electrons. The normalized spacial score (nSPS) is 20.3. The molecule has 0 N–H and O–H groups in total. The summed E-state index contributed by atoms with van der Waals surface area (Å²) in [6.07, 6.45) is 11.4. The predicted octanol–water partition coefficient (Wildman–Crippen LogP) is 6.55. The zero-order valence-electron chi connectivity index (χ0n) is 18.8. The van der Waals surface area contributed by atoms with Gasteiger partial charge in [-0.1, -0.05) is 19.8 Å². The maximum absolute atomic E-state index is 4.95. The van der Waals surface area contributed by atoms with Crippen molar-refractivity contribution in [3.05, 3.63) is 41.2 Å². The number of anilines is 1. The Hall–Kier alpha value is -2.03. The van der Waals surface area contributed by atoms with E-state index in [1.807, 2.05) is 0 Å². The first-order valence-electron chi connectivity index (χ1n) is 11.6. The summed E-state index contributed by atoms with van der Waals surface area (Å²) in [4.78, 5) is 10.1. The molecule has 0 aliphatic carbocycles. The lowest BCUT2D eigenvalue weighted by molar-refractivity contribution is 0.352. The highest BCUT2D eigenvalue weighted by Gasteiger charge is 2.31. The summed E-state index contributed by atoms with van der Waals surface area (Å²) in [5.74, 6) is 0. The molecule has 2 saturated heterocycles. The second kappa shape index (κ2) is 8.38. The molecular weight excluding hydrogens is 354 g/mol. The van der Waals surface area contributed by atoms with Crippen LogP contribution in [0, 0.1) is 6.92 Å². The molecule has 0 amide bonds. The van der Waals surface area contributed by atoms with Crippen molar-refractivity contribution in [1.82, 2.24) is 9.88 Å². The van der Waals surface area contributed by atoms with Crippen molar-refractivity contribution in [2.75, 3.05) is 24.5 Å². The Kier molecular flexibility index (Phi) is 5.85. The van der Waals surface area contributed by atoms with E-state index in [1.165, 1.54) is 73.9 Å². The average molecular weight is 392 g/mol. The minimum atomic E-state index is 0.247. The number of hydrogen-bond donors (Lipinski definition) is 0. The van der Waals surface area contributed by atoms with Crippen LogP contribution in [-0.4, -0.2) is 35.1 Å². The molecule has 3 nitrogen and oxygen atoms in total. The molecule has 2 fully saturated rings. The summed E-state index contributed by atoms with van der Waals surface area (Å²) in [5, 5.41) is 1.26. The van der Waals surface area contributed by atoms with Gasteiger partial charge in [-0.3, -0.25) is 4.98 Å². The van der Waals surface area contributed by atoms with E-state index < -0.39 is 0 Å². The summed E-state index contributed by atoms with van der Waals surface area (Å²) < 4.78 is 0. The van der Waals surface area contributed by atoms with Crippen molar-refractivity contribution in [2.24, 2.45) is 0 Å². The van der Waals surface area contributed by atoms with E-state index in [9.17, 15) is 0 Å². The van der Waals surface area contributed by atoms with Gasteiger partial charge in [0.15, 0.2) is 0 Å².